The lowest BCUT2D eigenvalue weighted by atomic mass is 10.2. The summed E-state index contributed by atoms with van der Waals surface area (Å²) in [5, 5.41) is 4.80. The molecule has 1 aliphatic heterocycles. The molecule has 6 nitrogen and oxygen atoms in total. The van der Waals surface area contributed by atoms with Gasteiger partial charge in [-0.15, -0.1) is 11.3 Å². The lowest BCUT2D eigenvalue weighted by Gasteiger charge is -2.23. The fourth-order valence-corrected chi connectivity index (χ4v) is 4.56. The van der Waals surface area contributed by atoms with Crippen molar-refractivity contribution in [3.63, 3.8) is 0 Å². The SMILES string of the molecule is O=C(Nc1ccc2nc(-c3ccc(F)cc3)[nH]c2c1)[C@@H]1CCCN1C(=O)c1cccs1. The number of nitrogens with one attached hydrogen (secondary N) is 2. The van der Waals surface area contributed by atoms with Crippen LogP contribution in [0.4, 0.5) is 10.1 Å². The van der Waals surface area contributed by atoms with Crippen molar-refractivity contribution in [2.45, 2.75) is 18.9 Å². The normalized spacial score (nSPS) is 16.0. The van der Waals surface area contributed by atoms with Crippen LogP contribution in [0.3, 0.4) is 0 Å². The first-order valence-corrected chi connectivity index (χ1v) is 10.9. The molecule has 0 unspecified atom stereocenters. The summed E-state index contributed by atoms with van der Waals surface area (Å²) in [4.78, 5) is 35.7. The molecular weight excluding hydrogens is 415 g/mol. The van der Waals surface area contributed by atoms with Crippen molar-refractivity contribution in [1.82, 2.24) is 14.9 Å². The van der Waals surface area contributed by atoms with Crippen LogP contribution in [0.5, 0.6) is 0 Å². The highest BCUT2D eigenvalue weighted by Gasteiger charge is 2.34. The number of anilines is 1. The summed E-state index contributed by atoms with van der Waals surface area (Å²) >= 11 is 1.38. The molecule has 1 aliphatic rings. The summed E-state index contributed by atoms with van der Waals surface area (Å²) in [6.45, 7) is 0.579. The van der Waals surface area contributed by atoms with Crippen LogP contribution >= 0.6 is 11.3 Å². The van der Waals surface area contributed by atoms with Gasteiger partial charge in [-0.25, -0.2) is 9.37 Å². The second-order valence-electron chi connectivity index (χ2n) is 7.45. The Bertz CT molecular complexity index is 1250. The van der Waals surface area contributed by atoms with Gasteiger partial charge in [0.2, 0.25) is 5.91 Å². The Kier molecular flexibility index (Phi) is 4.99. The third-order valence-electron chi connectivity index (χ3n) is 5.42. The number of nitrogens with zero attached hydrogens (tertiary/aromatic N) is 2. The summed E-state index contributed by atoms with van der Waals surface area (Å²) in [6.07, 6.45) is 1.44. The molecule has 31 heavy (non-hydrogen) atoms. The lowest BCUT2D eigenvalue weighted by Crippen LogP contribution is -2.42. The molecule has 1 fully saturated rings. The van der Waals surface area contributed by atoms with Gasteiger partial charge in [0.15, 0.2) is 0 Å². The molecule has 0 bridgehead atoms. The average Bonchev–Trinajstić information content (AvgIpc) is 3.53. The van der Waals surface area contributed by atoms with Crippen LogP contribution in [0, 0.1) is 5.82 Å². The minimum atomic E-state index is -0.484. The lowest BCUT2D eigenvalue weighted by molar-refractivity contribution is -0.119. The highest BCUT2D eigenvalue weighted by Crippen LogP contribution is 2.26. The molecule has 1 atom stereocenters. The van der Waals surface area contributed by atoms with Crippen molar-refractivity contribution in [1.29, 1.82) is 0 Å². The first-order chi connectivity index (χ1) is 15.1. The number of imidazole rings is 1. The Morgan fingerprint density at radius 2 is 2.00 bits per heavy atom. The Hall–Kier alpha value is -3.52. The molecule has 0 saturated carbocycles. The van der Waals surface area contributed by atoms with Gasteiger partial charge in [-0.2, -0.15) is 0 Å². The fraction of sp³-hybridized carbons (Fsp3) is 0.174. The number of thiophene rings is 1. The molecule has 0 aliphatic carbocycles. The third-order valence-corrected chi connectivity index (χ3v) is 6.27. The van der Waals surface area contributed by atoms with Crippen molar-refractivity contribution in [3.8, 4) is 11.4 Å². The van der Waals surface area contributed by atoms with E-state index in [2.05, 4.69) is 15.3 Å². The predicted molar refractivity (Wildman–Crippen MR) is 118 cm³/mol. The highest BCUT2D eigenvalue weighted by molar-refractivity contribution is 7.12. The molecule has 2 N–H and O–H groups in total. The Morgan fingerprint density at radius 1 is 1.16 bits per heavy atom. The van der Waals surface area contributed by atoms with Gasteiger partial charge in [-0.05, 0) is 66.8 Å². The maximum Gasteiger partial charge on any atom is 0.264 e. The molecule has 156 valence electrons. The summed E-state index contributed by atoms with van der Waals surface area (Å²) in [5.74, 6) is 0.0333. The summed E-state index contributed by atoms with van der Waals surface area (Å²) in [5.41, 5.74) is 2.90. The van der Waals surface area contributed by atoms with E-state index in [0.717, 1.165) is 23.0 Å². The summed E-state index contributed by atoms with van der Waals surface area (Å²) < 4.78 is 13.2. The van der Waals surface area contributed by atoms with Crippen molar-refractivity contribution in [3.05, 3.63) is 70.7 Å². The van der Waals surface area contributed by atoms with E-state index in [1.165, 1.54) is 23.5 Å². The van der Waals surface area contributed by atoms with Gasteiger partial charge >= 0.3 is 0 Å². The number of rotatable bonds is 4. The smallest absolute Gasteiger partial charge is 0.264 e. The van der Waals surface area contributed by atoms with Crippen LogP contribution in [-0.4, -0.2) is 39.3 Å². The zero-order chi connectivity index (χ0) is 21.4. The van der Waals surface area contributed by atoms with Gasteiger partial charge in [0, 0.05) is 17.8 Å². The van der Waals surface area contributed by atoms with Crippen LogP contribution in [0.25, 0.3) is 22.4 Å². The number of aromatic nitrogens is 2. The van der Waals surface area contributed by atoms with Gasteiger partial charge in [0.05, 0.1) is 15.9 Å². The van der Waals surface area contributed by atoms with Crippen LogP contribution in [0.15, 0.2) is 60.0 Å². The van der Waals surface area contributed by atoms with Crippen LogP contribution in [0.1, 0.15) is 22.5 Å². The van der Waals surface area contributed by atoms with Crippen molar-refractivity contribution in [2.24, 2.45) is 0 Å². The number of carbonyl (C=O) groups is 2. The van der Waals surface area contributed by atoms with Crippen LogP contribution in [0.2, 0.25) is 0 Å². The zero-order valence-electron chi connectivity index (χ0n) is 16.5. The summed E-state index contributed by atoms with van der Waals surface area (Å²) in [6, 6.07) is 14.7. The average molecular weight is 434 g/mol. The monoisotopic (exact) mass is 434 g/mol. The van der Waals surface area contributed by atoms with Crippen LogP contribution in [-0.2, 0) is 4.79 Å². The zero-order valence-corrected chi connectivity index (χ0v) is 17.3. The molecule has 8 heteroatoms. The molecule has 2 aromatic carbocycles. The largest absolute Gasteiger partial charge is 0.338 e. The number of hydrogen-bond acceptors (Lipinski definition) is 4. The third kappa shape index (κ3) is 3.82. The van der Waals surface area contributed by atoms with E-state index in [4.69, 9.17) is 0 Å². The van der Waals surface area contributed by atoms with E-state index in [1.807, 2.05) is 23.6 Å². The Balaban J connectivity index is 1.34. The van der Waals surface area contributed by atoms with Crippen molar-refractivity contribution in [2.75, 3.05) is 11.9 Å². The van der Waals surface area contributed by atoms with E-state index in [-0.39, 0.29) is 17.6 Å². The number of H-pyrrole nitrogens is 1. The maximum atomic E-state index is 13.2. The Labute approximate surface area is 181 Å². The van der Waals surface area contributed by atoms with E-state index in [1.54, 1.807) is 29.2 Å². The van der Waals surface area contributed by atoms with Gasteiger partial charge < -0.3 is 15.2 Å². The number of carbonyl (C=O) groups excluding carboxylic acids is 2. The number of likely N-dealkylation sites (tertiary alicyclic amines) is 1. The van der Waals surface area contributed by atoms with Crippen molar-refractivity contribution >= 4 is 39.9 Å². The minimum absolute atomic E-state index is 0.0967. The van der Waals surface area contributed by atoms with Gasteiger partial charge in [-0.1, -0.05) is 6.07 Å². The fourth-order valence-electron chi connectivity index (χ4n) is 3.88. The molecule has 5 rings (SSSR count). The van der Waals surface area contributed by atoms with Gasteiger partial charge in [-0.3, -0.25) is 9.59 Å². The van der Waals surface area contributed by atoms with Crippen molar-refractivity contribution < 1.29 is 14.0 Å². The topological polar surface area (TPSA) is 78.1 Å². The van der Waals surface area contributed by atoms with Gasteiger partial charge in [0.1, 0.15) is 17.7 Å². The van der Waals surface area contributed by atoms with E-state index < -0.39 is 6.04 Å². The molecule has 2 aromatic heterocycles. The maximum absolute atomic E-state index is 13.2. The number of halogens is 1. The van der Waals surface area contributed by atoms with E-state index >= 15 is 0 Å². The first-order valence-electron chi connectivity index (χ1n) is 9.99. The highest BCUT2D eigenvalue weighted by atomic mass is 32.1. The molecule has 2 amide bonds. The molecule has 0 radical (unpaired) electrons. The predicted octanol–water partition coefficient (Wildman–Crippen LogP) is 4.67. The number of fused-ring (bicyclic) bond motifs is 1. The number of hydrogen-bond donors (Lipinski definition) is 2. The second-order valence-corrected chi connectivity index (χ2v) is 8.40. The standard InChI is InChI=1S/C23H19FN4O2S/c24-15-7-5-14(6-8-15)21-26-17-10-9-16(13-18(17)27-21)25-22(29)19-3-1-11-28(19)23(30)20-4-2-12-31-20/h2,4-10,12-13,19H,1,3,11H2,(H,25,29)(H,26,27)/t19-/m0/s1. The minimum Gasteiger partial charge on any atom is -0.338 e. The molecular formula is C23H19FN4O2S. The molecule has 0 spiro atoms. The van der Waals surface area contributed by atoms with Crippen LogP contribution < -0.4 is 5.32 Å². The van der Waals surface area contributed by atoms with E-state index in [9.17, 15) is 14.0 Å². The molecule has 3 heterocycles. The second kappa shape index (κ2) is 7.96. The number of aromatic amines is 1. The Morgan fingerprint density at radius 3 is 2.77 bits per heavy atom. The molecule has 1 saturated heterocycles. The number of benzene rings is 2. The quantitative estimate of drug-likeness (QED) is 0.490. The summed E-state index contributed by atoms with van der Waals surface area (Å²) in [7, 11) is 0. The first kappa shape index (κ1) is 19.4. The molecule has 4 aromatic rings. The van der Waals surface area contributed by atoms with Gasteiger partial charge in [0.25, 0.3) is 5.91 Å². The van der Waals surface area contributed by atoms with E-state index in [0.29, 0.717) is 29.4 Å². The number of amides is 2.